The molecule has 0 atom stereocenters. The Balaban J connectivity index is 1.78. The third-order valence-electron chi connectivity index (χ3n) is 3.65. The van der Waals surface area contributed by atoms with Crippen LogP contribution in [-0.2, 0) is 23.9 Å². The van der Waals surface area contributed by atoms with Crippen molar-refractivity contribution in [1.29, 1.82) is 5.26 Å². The fourth-order valence-electron chi connectivity index (χ4n) is 2.20. The van der Waals surface area contributed by atoms with Crippen LogP contribution in [0.1, 0.15) is 18.9 Å². The quantitative estimate of drug-likeness (QED) is 0.223. The number of nitriles is 1. The van der Waals surface area contributed by atoms with Crippen LogP contribution in [0.25, 0.3) is 11.1 Å². The Morgan fingerprint density at radius 1 is 0.897 bits per heavy atom. The first-order valence-corrected chi connectivity index (χ1v) is 8.68. The largest absolute Gasteiger partial charge is 0.462 e. The van der Waals surface area contributed by atoms with E-state index in [1.165, 1.54) is 6.92 Å². The number of ether oxygens (including phenoxy) is 3. The first kappa shape index (κ1) is 21.4. The predicted molar refractivity (Wildman–Crippen MR) is 104 cm³/mol. The van der Waals surface area contributed by atoms with Crippen molar-refractivity contribution >= 4 is 17.9 Å². The molecule has 0 bridgehead atoms. The van der Waals surface area contributed by atoms with E-state index in [0.29, 0.717) is 5.56 Å². The lowest BCUT2D eigenvalue weighted by Crippen LogP contribution is -2.19. The molecule has 0 amide bonds. The van der Waals surface area contributed by atoms with Crippen LogP contribution in [-0.4, -0.2) is 31.1 Å². The van der Waals surface area contributed by atoms with Crippen molar-refractivity contribution in [3.8, 4) is 22.9 Å². The number of hydrogen-bond acceptors (Lipinski definition) is 7. The van der Waals surface area contributed by atoms with E-state index >= 15 is 0 Å². The minimum Gasteiger partial charge on any atom is -0.462 e. The molecule has 7 heteroatoms. The Kier molecular flexibility index (Phi) is 7.68. The van der Waals surface area contributed by atoms with Gasteiger partial charge in [0.15, 0.2) is 0 Å². The lowest BCUT2D eigenvalue weighted by atomic mass is 10.0. The fourth-order valence-corrected chi connectivity index (χ4v) is 2.20. The van der Waals surface area contributed by atoms with E-state index in [1.807, 2.05) is 12.1 Å². The average molecular weight is 393 g/mol. The summed E-state index contributed by atoms with van der Waals surface area (Å²) in [6.45, 7) is 4.64. The SMILES string of the molecule is C=C(C)C(=O)OCCOC(=O)CC(=O)Oc1ccc(-c2ccc(C#N)cc2)cc1. The van der Waals surface area contributed by atoms with Gasteiger partial charge in [-0.3, -0.25) is 9.59 Å². The third-order valence-corrected chi connectivity index (χ3v) is 3.65. The molecule has 0 saturated carbocycles. The molecule has 2 aromatic carbocycles. The van der Waals surface area contributed by atoms with E-state index < -0.39 is 24.3 Å². The standard InChI is InChI=1S/C22H19NO6/c1-15(2)22(26)28-12-11-27-20(24)13-21(25)29-19-9-7-18(8-10-19)17-5-3-16(14-23)4-6-17/h3-10H,1,11-13H2,2H3. The zero-order valence-corrected chi connectivity index (χ0v) is 15.8. The van der Waals surface area contributed by atoms with Gasteiger partial charge in [-0.1, -0.05) is 30.8 Å². The van der Waals surface area contributed by atoms with Crippen molar-refractivity contribution in [2.45, 2.75) is 13.3 Å². The zero-order chi connectivity index (χ0) is 21.2. The molecule has 148 valence electrons. The maximum Gasteiger partial charge on any atom is 0.333 e. The normalized spacial score (nSPS) is 9.79. The molecule has 0 aliphatic carbocycles. The van der Waals surface area contributed by atoms with Gasteiger partial charge in [-0.2, -0.15) is 5.26 Å². The van der Waals surface area contributed by atoms with Crippen LogP contribution < -0.4 is 4.74 Å². The van der Waals surface area contributed by atoms with E-state index in [1.54, 1.807) is 36.4 Å². The van der Waals surface area contributed by atoms with Crippen LogP contribution >= 0.6 is 0 Å². The predicted octanol–water partition coefficient (Wildman–Crippen LogP) is 3.18. The molecule has 0 spiro atoms. The van der Waals surface area contributed by atoms with Crippen molar-refractivity contribution in [1.82, 2.24) is 0 Å². The van der Waals surface area contributed by atoms with E-state index in [9.17, 15) is 14.4 Å². The Labute approximate surface area is 168 Å². The van der Waals surface area contributed by atoms with Crippen LogP contribution in [0.2, 0.25) is 0 Å². The van der Waals surface area contributed by atoms with Gasteiger partial charge >= 0.3 is 17.9 Å². The van der Waals surface area contributed by atoms with Crippen molar-refractivity contribution < 1.29 is 28.6 Å². The van der Waals surface area contributed by atoms with Gasteiger partial charge < -0.3 is 14.2 Å². The van der Waals surface area contributed by atoms with Crippen LogP contribution in [0.4, 0.5) is 0 Å². The van der Waals surface area contributed by atoms with Crippen LogP contribution in [0.5, 0.6) is 5.75 Å². The molecular formula is C22H19NO6. The minimum atomic E-state index is -0.782. The first-order chi connectivity index (χ1) is 13.9. The summed E-state index contributed by atoms with van der Waals surface area (Å²) in [7, 11) is 0. The summed E-state index contributed by atoms with van der Waals surface area (Å²) in [5, 5.41) is 8.83. The van der Waals surface area contributed by atoms with Crippen molar-refractivity contribution in [2.75, 3.05) is 13.2 Å². The third kappa shape index (κ3) is 6.96. The van der Waals surface area contributed by atoms with E-state index in [0.717, 1.165) is 11.1 Å². The van der Waals surface area contributed by atoms with Gasteiger partial charge in [0, 0.05) is 5.57 Å². The molecule has 0 aliphatic rings. The summed E-state index contributed by atoms with van der Waals surface area (Å²) >= 11 is 0. The van der Waals surface area contributed by atoms with Gasteiger partial charge in [-0.15, -0.1) is 0 Å². The molecule has 0 radical (unpaired) electrons. The molecule has 7 nitrogen and oxygen atoms in total. The highest BCUT2D eigenvalue weighted by Crippen LogP contribution is 2.23. The molecule has 0 heterocycles. The van der Waals surface area contributed by atoms with Crippen molar-refractivity contribution in [3.05, 3.63) is 66.2 Å². The Hall–Kier alpha value is -3.92. The number of rotatable bonds is 8. The lowest BCUT2D eigenvalue weighted by molar-refractivity contribution is -0.154. The highest BCUT2D eigenvalue weighted by atomic mass is 16.6. The summed E-state index contributed by atoms with van der Waals surface area (Å²) in [6, 6.07) is 15.9. The maximum atomic E-state index is 11.8. The summed E-state index contributed by atoms with van der Waals surface area (Å²) in [5.41, 5.74) is 2.61. The number of carbonyl (C=O) groups excluding carboxylic acids is 3. The second-order valence-electron chi connectivity index (χ2n) is 6.00. The molecule has 0 aliphatic heterocycles. The van der Waals surface area contributed by atoms with E-state index in [-0.39, 0.29) is 24.5 Å². The molecule has 29 heavy (non-hydrogen) atoms. The smallest absolute Gasteiger partial charge is 0.333 e. The molecule has 2 rings (SSSR count). The Morgan fingerprint density at radius 3 is 2.00 bits per heavy atom. The second kappa shape index (κ2) is 10.4. The number of hydrogen-bond donors (Lipinski definition) is 0. The minimum absolute atomic E-state index is 0.122. The summed E-state index contributed by atoms with van der Waals surface area (Å²) in [6.07, 6.45) is -0.564. The number of carbonyl (C=O) groups is 3. The zero-order valence-electron chi connectivity index (χ0n) is 15.8. The summed E-state index contributed by atoms with van der Waals surface area (Å²) in [4.78, 5) is 34.6. The molecular weight excluding hydrogens is 374 g/mol. The topological polar surface area (TPSA) is 103 Å². The maximum absolute atomic E-state index is 11.8. The van der Waals surface area contributed by atoms with Gasteiger partial charge in [0.2, 0.25) is 0 Å². The fraction of sp³-hybridized carbons (Fsp3) is 0.182. The number of benzene rings is 2. The van der Waals surface area contributed by atoms with Gasteiger partial charge in [0.25, 0.3) is 0 Å². The van der Waals surface area contributed by atoms with Crippen LogP contribution in [0.3, 0.4) is 0 Å². The second-order valence-corrected chi connectivity index (χ2v) is 6.00. The molecule has 0 unspecified atom stereocenters. The van der Waals surface area contributed by atoms with Gasteiger partial charge in [0.05, 0.1) is 11.6 Å². The Morgan fingerprint density at radius 2 is 1.45 bits per heavy atom. The Bertz CT molecular complexity index is 939. The number of nitrogens with zero attached hydrogens (tertiary/aromatic N) is 1. The molecule has 0 aromatic heterocycles. The van der Waals surface area contributed by atoms with Gasteiger partial charge in [-0.05, 0) is 42.3 Å². The molecule has 2 aromatic rings. The number of esters is 3. The summed E-state index contributed by atoms with van der Waals surface area (Å²) in [5.74, 6) is -1.84. The van der Waals surface area contributed by atoms with Crippen molar-refractivity contribution in [3.63, 3.8) is 0 Å². The highest BCUT2D eigenvalue weighted by molar-refractivity contribution is 5.92. The molecule has 0 fully saturated rings. The highest BCUT2D eigenvalue weighted by Gasteiger charge is 2.13. The monoisotopic (exact) mass is 393 g/mol. The van der Waals surface area contributed by atoms with E-state index in [2.05, 4.69) is 12.6 Å². The molecule has 0 saturated heterocycles. The van der Waals surface area contributed by atoms with Gasteiger partial charge in [0.1, 0.15) is 25.4 Å². The van der Waals surface area contributed by atoms with Crippen LogP contribution in [0.15, 0.2) is 60.7 Å². The van der Waals surface area contributed by atoms with Crippen LogP contribution in [0, 0.1) is 11.3 Å². The summed E-state index contributed by atoms with van der Waals surface area (Å²) < 4.78 is 14.7. The first-order valence-electron chi connectivity index (χ1n) is 8.68. The molecule has 0 N–H and O–H groups in total. The van der Waals surface area contributed by atoms with Crippen molar-refractivity contribution in [2.24, 2.45) is 0 Å². The average Bonchev–Trinajstić information content (AvgIpc) is 2.71. The van der Waals surface area contributed by atoms with E-state index in [4.69, 9.17) is 19.5 Å². The van der Waals surface area contributed by atoms with Gasteiger partial charge in [-0.25, -0.2) is 4.79 Å². The lowest BCUT2D eigenvalue weighted by Gasteiger charge is -2.07.